The van der Waals surface area contributed by atoms with Crippen molar-refractivity contribution in [3.05, 3.63) is 56.0 Å². The monoisotopic (exact) mass is 357 g/mol. The third kappa shape index (κ3) is 3.28. The number of aromatic amines is 1. The van der Waals surface area contributed by atoms with Crippen LogP contribution >= 0.6 is 0 Å². The summed E-state index contributed by atoms with van der Waals surface area (Å²) in [5.74, 6) is 0.680. The number of aromatic nitrogens is 4. The maximum atomic E-state index is 12.3. The molecule has 2 N–H and O–H groups in total. The van der Waals surface area contributed by atoms with Crippen molar-refractivity contribution in [2.75, 3.05) is 0 Å². The highest BCUT2D eigenvalue weighted by atomic mass is 16.4. The highest BCUT2D eigenvalue weighted by Gasteiger charge is 2.14. The van der Waals surface area contributed by atoms with E-state index in [9.17, 15) is 14.4 Å². The number of carbonyl (C=O) groups excluding carboxylic acids is 1. The molecule has 0 bridgehead atoms. The van der Waals surface area contributed by atoms with Gasteiger partial charge < -0.3 is 9.73 Å². The van der Waals surface area contributed by atoms with Gasteiger partial charge in [-0.15, -0.1) is 0 Å². The molecule has 0 aliphatic heterocycles. The minimum absolute atomic E-state index is 0.122. The summed E-state index contributed by atoms with van der Waals surface area (Å²) in [6.07, 6.45) is 2.05. The molecule has 0 saturated carbocycles. The minimum Gasteiger partial charge on any atom is -0.444 e. The van der Waals surface area contributed by atoms with Gasteiger partial charge in [-0.3, -0.25) is 19.1 Å². The molecule has 0 fully saturated rings. The van der Waals surface area contributed by atoms with Gasteiger partial charge in [-0.25, -0.2) is 14.8 Å². The number of hydrogen-bond donors (Lipinski definition) is 2. The molecule has 0 aliphatic carbocycles. The molecule has 0 aromatic carbocycles. The maximum Gasteiger partial charge on any atom is 0.329 e. The average molecular weight is 357 g/mol. The first-order valence-corrected chi connectivity index (χ1v) is 8.24. The zero-order valence-corrected chi connectivity index (χ0v) is 14.8. The van der Waals surface area contributed by atoms with Crippen molar-refractivity contribution in [1.29, 1.82) is 0 Å². The molecule has 0 radical (unpaired) electrons. The molecule has 0 aliphatic rings. The lowest BCUT2D eigenvalue weighted by Gasteiger charge is -2.08. The predicted octanol–water partition coefficient (Wildman–Crippen LogP) is 1.03. The molecule has 0 saturated heterocycles. The van der Waals surface area contributed by atoms with E-state index in [1.165, 1.54) is 16.8 Å². The number of oxazole rings is 1. The zero-order chi connectivity index (χ0) is 18.8. The Morgan fingerprint density at radius 3 is 2.77 bits per heavy atom. The first-order valence-electron chi connectivity index (χ1n) is 8.24. The van der Waals surface area contributed by atoms with E-state index in [-0.39, 0.29) is 23.1 Å². The Hall–Kier alpha value is -3.23. The van der Waals surface area contributed by atoms with E-state index in [2.05, 4.69) is 20.3 Å². The predicted molar refractivity (Wildman–Crippen MR) is 94.1 cm³/mol. The Bertz CT molecular complexity index is 1070. The van der Waals surface area contributed by atoms with Crippen molar-refractivity contribution < 1.29 is 9.21 Å². The van der Waals surface area contributed by atoms with Gasteiger partial charge in [-0.05, 0) is 26.3 Å². The molecular formula is C17H19N5O4. The first-order chi connectivity index (χ1) is 12.4. The normalized spacial score (nSPS) is 11.0. The SMILES string of the molecule is CCCn1c(=O)[nH]c(=O)c2cc(C(=O)NCc3nc(C)c(C)o3)cnc21. The van der Waals surface area contributed by atoms with Crippen LogP contribution in [0.5, 0.6) is 0 Å². The quantitative estimate of drug-likeness (QED) is 0.703. The first kappa shape index (κ1) is 17.6. The number of amides is 1. The van der Waals surface area contributed by atoms with Crippen molar-refractivity contribution in [3.63, 3.8) is 0 Å². The Morgan fingerprint density at radius 2 is 2.12 bits per heavy atom. The van der Waals surface area contributed by atoms with Crippen LogP contribution in [-0.2, 0) is 13.1 Å². The zero-order valence-electron chi connectivity index (χ0n) is 14.8. The van der Waals surface area contributed by atoms with Crippen molar-refractivity contribution in [3.8, 4) is 0 Å². The van der Waals surface area contributed by atoms with Crippen molar-refractivity contribution >= 4 is 16.9 Å². The lowest BCUT2D eigenvalue weighted by molar-refractivity contribution is 0.0947. The number of carbonyl (C=O) groups is 1. The summed E-state index contributed by atoms with van der Waals surface area (Å²) < 4.78 is 6.80. The molecule has 26 heavy (non-hydrogen) atoms. The van der Waals surface area contributed by atoms with Crippen LogP contribution in [0.1, 0.15) is 41.0 Å². The highest BCUT2D eigenvalue weighted by Crippen LogP contribution is 2.10. The fourth-order valence-electron chi connectivity index (χ4n) is 2.60. The summed E-state index contributed by atoms with van der Waals surface area (Å²) in [6, 6.07) is 1.42. The molecule has 9 heteroatoms. The van der Waals surface area contributed by atoms with Gasteiger partial charge in [-0.2, -0.15) is 0 Å². The average Bonchev–Trinajstić information content (AvgIpc) is 2.94. The summed E-state index contributed by atoms with van der Waals surface area (Å²) in [4.78, 5) is 47.0. The summed E-state index contributed by atoms with van der Waals surface area (Å²) in [5.41, 5.74) is 0.157. The van der Waals surface area contributed by atoms with Crippen LogP contribution in [0.4, 0.5) is 0 Å². The van der Waals surface area contributed by atoms with Crippen LogP contribution in [-0.4, -0.2) is 25.4 Å². The van der Waals surface area contributed by atoms with Gasteiger partial charge in [-0.1, -0.05) is 6.92 Å². The number of aryl methyl sites for hydroxylation is 3. The Kier molecular flexibility index (Phi) is 4.70. The van der Waals surface area contributed by atoms with Crippen LogP contribution < -0.4 is 16.6 Å². The second kappa shape index (κ2) is 6.95. The third-order valence-electron chi connectivity index (χ3n) is 4.01. The van der Waals surface area contributed by atoms with E-state index in [1.807, 2.05) is 13.8 Å². The molecule has 0 unspecified atom stereocenters. The van der Waals surface area contributed by atoms with Crippen molar-refractivity contribution in [1.82, 2.24) is 24.8 Å². The standard InChI is InChI=1S/C17H19N5O4/c1-4-5-22-14-12(16(24)21-17(22)25)6-11(7-18-14)15(23)19-8-13-20-9(2)10(3)26-13/h6-7H,4-5,8H2,1-3H3,(H,19,23)(H,21,24,25). The fourth-order valence-corrected chi connectivity index (χ4v) is 2.60. The van der Waals surface area contributed by atoms with Crippen LogP contribution in [0.25, 0.3) is 11.0 Å². The number of fused-ring (bicyclic) bond motifs is 1. The lowest BCUT2D eigenvalue weighted by atomic mass is 10.2. The second-order valence-electron chi connectivity index (χ2n) is 5.94. The number of H-pyrrole nitrogens is 1. The van der Waals surface area contributed by atoms with Crippen LogP contribution in [0.2, 0.25) is 0 Å². The second-order valence-corrected chi connectivity index (χ2v) is 5.94. The van der Waals surface area contributed by atoms with Crippen molar-refractivity contribution in [2.45, 2.75) is 40.3 Å². The number of nitrogens with zero attached hydrogens (tertiary/aromatic N) is 3. The van der Waals surface area contributed by atoms with Crippen LogP contribution in [0.3, 0.4) is 0 Å². The van der Waals surface area contributed by atoms with E-state index < -0.39 is 17.2 Å². The van der Waals surface area contributed by atoms with E-state index in [1.54, 1.807) is 6.92 Å². The Labute approximate surface area is 148 Å². The largest absolute Gasteiger partial charge is 0.444 e. The van der Waals surface area contributed by atoms with Gasteiger partial charge in [0.1, 0.15) is 11.4 Å². The summed E-state index contributed by atoms with van der Waals surface area (Å²) in [6.45, 7) is 6.07. The highest BCUT2D eigenvalue weighted by molar-refractivity contribution is 5.96. The topological polar surface area (TPSA) is 123 Å². The van der Waals surface area contributed by atoms with Gasteiger partial charge in [0.15, 0.2) is 0 Å². The molecule has 3 rings (SSSR count). The van der Waals surface area contributed by atoms with Gasteiger partial charge in [0.05, 0.1) is 23.2 Å². The number of hydrogen-bond acceptors (Lipinski definition) is 6. The van der Waals surface area contributed by atoms with Gasteiger partial charge in [0.25, 0.3) is 11.5 Å². The van der Waals surface area contributed by atoms with Gasteiger partial charge in [0, 0.05) is 12.7 Å². The van der Waals surface area contributed by atoms with E-state index >= 15 is 0 Å². The van der Waals surface area contributed by atoms with Crippen LogP contribution in [0, 0.1) is 13.8 Å². The third-order valence-corrected chi connectivity index (χ3v) is 4.01. The van der Waals surface area contributed by atoms with Gasteiger partial charge >= 0.3 is 5.69 Å². The summed E-state index contributed by atoms with van der Waals surface area (Å²) in [7, 11) is 0. The van der Waals surface area contributed by atoms with Crippen molar-refractivity contribution in [2.24, 2.45) is 0 Å². The molecule has 1 amide bonds. The summed E-state index contributed by atoms with van der Waals surface area (Å²) >= 11 is 0. The number of rotatable bonds is 5. The van der Waals surface area contributed by atoms with E-state index in [4.69, 9.17) is 4.42 Å². The van der Waals surface area contributed by atoms with Gasteiger partial charge in [0.2, 0.25) is 5.89 Å². The number of nitrogens with one attached hydrogen (secondary N) is 2. The molecule has 136 valence electrons. The molecule has 3 aromatic heterocycles. The molecule has 0 spiro atoms. The van der Waals surface area contributed by atoms with E-state index in [0.29, 0.717) is 24.6 Å². The number of pyridine rings is 1. The Morgan fingerprint density at radius 1 is 1.35 bits per heavy atom. The van der Waals surface area contributed by atoms with Crippen LogP contribution in [0.15, 0.2) is 26.3 Å². The molecular weight excluding hydrogens is 338 g/mol. The Balaban J connectivity index is 1.89. The molecule has 0 atom stereocenters. The van der Waals surface area contributed by atoms with E-state index in [0.717, 1.165) is 5.69 Å². The molecule has 3 heterocycles. The smallest absolute Gasteiger partial charge is 0.329 e. The maximum absolute atomic E-state index is 12.3. The molecule has 3 aromatic rings. The minimum atomic E-state index is -0.571. The molecule has 9 nitrogen and oxygen atoms in total. The summed E-state index contributed by atoms with van der Waals surface area (Å²) in [5, 5.41) is 2.86. The fraction of sp³-hybridized carbons (Fsp3) is 0.353. The lowest BCUT2D eigenvalue weighted by Crippen LogP contribution is -2.31.